The van der Waals surface area contributed by atoms with E-state index in [2.05, 4.69) is 37.4 Å². The number of benzene rings is 2. The van der Waals surface area contributed by atoms with Gasteiger partial charge in [-0.1, -0.05) is 41.5 Å². The zero-order valence-corrected chi connectivity index (χ0v) is 14.6. The maximum Gasteiger partial charge on any atom is 0.258 e. The number of hydrogen-bond acceptors (Lipinski definition) is 2. The predicted molar refractivity (Wildman–Crippen MR) is 93.9 cm³/mol. The van der Waals surface area contributed by atoms with Gasteiger partial charge in [0.15, 0.2) is 6.61 Å². The van der Waals surface area contributed by atoms with Crippen molar-refractivity contribution >= 4 is 5.91 Å². The summed E-state index contributed by atoms with van der Waals surface area (Å²) < 4.78 is 5.63. The van der Waals surface area contributed by atoms with Gasteiger partial charge in [0.1, 0.15) is 5.75 Å². The Bertz CT molecular complexity index is 707. The van der Waals surface area contributed by atoms with Crippen molar-refractivity contribution in [2.75, 3.05) is 6.61 Å². The van der Waals surface area contributed by atoms with Crippen LogP contribution in [0.25, 0.3) is 0 Å². The Morgan fingerprint density at radius 2 is 1.61 bits per heavy atom. The van der Waals surface area contributed by atoms with Gasteiger partial charge in [-0.3, -0.25) is 4.79 Å². The van der Waals surface area contributed by atoms with Gasteiger partial charge in [-0.25, -0.2) is 0 Å². The Morgan fingerprint density at radius 1 is 1.00 bits per heavy atom. The summed E-state index contributed by atoms with van der Waals surface area (Å²) in [5.74, 6) is 0.641. The molecule has 0 aromatic heterocycles. The van der Waals surface area contributed by atoms with Crippen LogP contribution < -0.4 is 10.1 Å². The van der Waals surface area contributed by atoms with E-state index >= 15 is 0 Å². The Labute approximate surface area is 138 Å². The van der Waals surface area contributed by atoms with E-state index in [1.807, 2.05) is 39.0 Å². The highest BCUT2D eigenvalue weighted by Crippen LogP contribution is 2.20. The summed E-state index contributed by atoms with van der Waals surface area (Å²) >= 11 is 0. The maximum atomic E-state index is 12.1. The average molecular weight is 311 g/mol. The first kappa shape index (κ1) is 17.1. The van der Waals surface area contributed by atoms with Gasteiger partial charge in [0.05, 0.1) is 6.04 Å². The maximum absolute atomic E-state index is 12.1. The summed E-state index contributed by atoms with van der Waals surface area (Å²) in [6, 6.07) is 12.2. The minimum Gasteiger partial charge on any atom is -0.484 e. The fourth-order valence-electron chi connectivity index (χ4n) is 2.78. The Balaban J connectivity index is 1.93. The number of carbonyl (C=O) groups excluding carboxylic acids is 1. The van der Waals surface area contributed by atoms with E-state index in [9.17, 15) is 4.79 Å². The van der Waals surface area contributed by atoms with Crippen LogP contribution in [0, 0.1) is 27.7 Å². The van der Waals surface area contributed by atoms with E-state index in [1.54, 1.807) is 0 Å². The lowest BCUT2D eigenvalue weighted by Crippen LogP contribution is -2.31. The summed E-state index contributed by atoms with van der Waals surface area (Å²) in [7, 11) is 0. The molecule has 0 saturated carbocycles. The molecule has 0 aliphatic carbocycles. The summed E-state index contributed by atoms with van der Waals surface area (Å²) in [6.45, 7) is 10.2. The minimum absolute atomic E-state index is 0.0269. The molecule has 0 aliphatic rings. The first-order chi connectivity index (χ1) is 10.9. The van der Waals surface area contributed by atoms with E-state index in [0.29, 0.717) is 0 Å². The highest BCUT2D eigenvalue weighted by atomic mass is 16.5. The highest BCUT2D eigenvalue weighted by Gasteiger charge is 2.12. The van der Waals surface area contributed by atoms with E-state index < -0.39 is 0 Å². The first-order valence-electron chi connectivity index (χ1n) is 7.93. The van der Waals surface area contributed by atoms with Crippen molar-refractivity contribution in [3.8, 4) is 5.75 Å². The lowest BCUT2D eigenvalue weighted by molar-refractivity contribution is -0.123. The summed E-state index contributed by atoms with van der Waals surface area (Å²) in [5, 5.41) is 2.99. The van der Waals surface area contributed by atoms with Crippen LogP contribution in [0.2, 0.25) is 0 Å². The van der Waals surface area contributed by atoms with Crippen molar-refractivity contribution in [1.82, 2.24) is 5.32 Å². The van der Waals surface area contributed by atoms with Crippen LogP contribution in [0.3, 0.4) is 0 Å². The fraction of sp³-hybridized carbons (Fsp3) is 0.350. The van der Waals surface area contributed by atoms with Gasteiger partial charge in [0, 0.05) is 0 Å². The number of ether oxygens (including phenoxy) is 1. The van der Waals surface area contributed by atoms with Crippen molar-refractivity contribution < 1.29 is 9.53 Å². The largest absolute Gasteiger partial charge is 0.484 e. The molecule has 2 rings (SSSR count). The topological polar surface area (TPSA) is 38.3 Å². The molecule has 0 bridgehead atoms. The third-order valence-corrected chi connectivity index (χ3v) is 3.96. The molecule has 0 heterocycles. The van der Waals surface area contributed by atoms with Crippen molar-refractivity contribution in [2.24, 2.45) is 0 Å². The van der Waals surface area contributed by atoms with Crippen molar-refractivity contribution in [3.63, 3.8) is 0 Å². The molecule has 2 aromatic carbocycles. The van der Waals surface area contributed by atoms with Gasteiger partial charge in [-0.2, -0.15) is 0 Å². The normalized spacial score (nSPS) is 11.9. The van der Waals surface area contributed by atoms with Gasteiger partial charge >= 0.3 is 0 Å². The molecular weight excluding hydrogens is 286 g/mol. The number of rotatable bonds is 5. The van der Waals surface area contributed by atoms with Crippen molar-refractivity contribution in [3.05, 3.63) is 64.2 Å². The standard InChI is InChI=1S/C20H25NO2/c1-13-6-8-18(15(3)10-13)17(5)21-20(22)12-23-19-9-7-14(2)11-16(19)4/h6-11,17H,12H2,1-5H3,(H,21,22)/t17-/m0/s1. The summed E-state index contributed by atoms with van der Waals surface area (Å²) in [6.07, 6.45) is 0. The fourth-order valence-corrected chi connectivity index (χ4v) is 2.78. The van der Waals surface area contributed by atoms with Gasteiger partial charge in [0.2, 0.25) is 0 Å². The van der Waals surface area contributed by atoms with Crippen LogP contribution in [-0.2, 0) is 4.79 Å². The van der Waals surface area contributed by atoms with Crippen molar-refractivity contribution in [2.45, 2.75) is 40.7 Å². The van der Waals surface area contributed by atoms with Gasteiger partial charge in [-0.05, 0) is 57.4 Å². The van der Waals surface area contributed by atoms with E-state index in [1.165, 1.54) is 16.7 Å². The van der Waals surface area contributed by atoms with Gasteiger partial charge in [0.25, 0.3) is 5.91 Å². The van der Waals surface area contributed by atoms with Crippen LogP contribution in [0.5, 0.6) is 5.75 Å². The Kier molecular flexibility index (Phi) is 5.43. The monoisotopic (exact) mass is 311 g/mol. The molecule has 0 fully saturated rings. The van der Waals surface area contributed by atoms with Gasteiger partial charge in [-0.15, -0.1) is 0 Å². The third-order valence-electron chi connectivity index (χ3n) is 3.96. The molecule has 23 heavy (non-hydrogen) atoms. The molecule has 122 valence electrons. The van der Waals surface area contributed by atoms with E-state index in [-0.39, 0.29) is 18.6 Å². The molecule has 0 spiro atoms. The van der Waals surface area contributed by atoms with Crippen LogP contribution >= 0.6 is 0 Å². The zero-order chi connectivity index (χ0) is 17.0. The molecule has 3 nitrogen and oxygen atoms in total. The number of nitrogens with one attached hydrogen (secondary N) is 1. The van der Waals surface area contributed by atoms with E-state index in [0.717, 1.165) is 16.9 Å². The molecule has 1 amide bonds. The highest BCUT2D eigenvalue weighted by molar-refractivity contribution is 5.78. The molecule has 3 heteroatoms. The molecule has 0 saturated heterocycles. The third kappa shape index (κ3) is 4.59. The lowest BCUT2D eigenvalue weighted by atomic mass is 10.0. The van der Waals surface area contributed by atoms with Crippen LogP contribution in [0.4, 0.5) is 0 Å². The van der Waals surface area contributed by atoms with Crippen LogP contribution in [-0.4, -0.2) is 12.5 Å². The molecule has 1 atom stereocenters. The molecule has 0 radical (unpaired) electrons. The number of amides is 1. The number of aryl methyl sites for hydroxylation is 4. The van der Waals surface area contributed by atoms with Gasteiger partial charge < -0.3 is 10.1 Å². The van der Waals surface area contributed by atoms with E-state index in [4.69, 9.17) is 4.74 Å². The Morgan fingerprint density at radius 3 is 2.22 bits per heavy atom. The second-order valence-corrected chi connectivity index (χ2v) is 6.21. The SMILES string of the molecule is Cc1ccc(OCC(=O)N[C@@H](C)c2ccc(C)cc2C)c(C)c1. The van der Waals surface area contributed by atoms with Crippen molar-refractivity contribution in [1.29, 1.82) is 0 Å². The minimum atomic E-state index is -0.113. The molecule has 2 aromatic rings. The summed E-state index contributed by atoms with van der Waals surface area (Å²) in [4.78, 5) is 12.1. The van der Waals surface area contributed by atoms with Crippen LogP contribution in [0.15, 0.2) is 36.4 Å². The first-order valence-corrected chi connectivity index (χ1v) is 7.93. The summed E-state index contributed by atoms with van der Waals surface area (Å²) in [5.41, 5.74) is 5.77. The number of hydrogen-bond donors (Lipinski definition) is 1. The second-order valence-electron chi connectivity index (χ2n) is 6.21. The van der Waals surface area contributed by atoms with Crippen LogP contribution in [0.1, 0.15) is 40.8 Å². The molecule has 0 unspecified atom stereocenters. The molecular formula is C20H25NO2. The predicted octanol–water partition coefficient (Wildman–Crippen LogP) is 4.18. The number of carbonyl (C=O) groups is 1. The smallest absolute Gasteiger partial charge is 0.258 e. The quantitative estimate of drug-likeness (QED) is 0.899. The average Bonchev–Trinajstić information content (AvgIpc) is 2.46. The molecule has 1 N–H and O–H groups in total. The Hall–Kier alpha value is -2.29. The second kappa shape index (κ2) is 7.32. The lowest BCUT2D eigenvalue weighted by Gasteiger charge is -2.17. The zero-order valence-electron chi connectivity index (χ0n) is 14.6. The molecule has 0 aliphatic heterocycles.